The van der Waals surface area contributed by atoms with Gasteiger partial charge in [-0.05, 0) is 49.3 Å². The molecule has 1 heterocycles. The normalized spacial score (nSPS) is 16.4. The number of rotatable bonds is 5. The Morgan fingerprint density at radius 3 is 2.59 bits per heavy atom. The highest BCUT2D eigenvalue weighted by Gasteiger charge is 2.31. The monoisotopic (exact) mass is 378 g/mol. The number of nitrogens with zero attached hydrogens (tertiary/aromatic N) is 2. The number of halogens is 1. The van der Waals surface area contributed by atoms with Gasteiger partial charge >= 0.3 is 0 Å². The lowest BCUT2D eigenvalue weighted by Crippen LogP contribution is -2.18. The number of ketones is 1. The lowest BCUT2D eigenvalue weighted by molar-refractivity contribution is 0.0963. The van der Waals surface area contributed by atoms with Crippen LogP contribution < -0.4 is 0 Å². The van der Waals surface area contributed by atoms with E-state index in [1.165, 1.54) is 5.56 Å². The molecule has 4 rings (SSSR count). The summed E-state index contributed by atoms with van der Waals surface area (Å²) in [7, 11) is 0. The Kier molecular flexibility index (Phi) is 5.13. The van der Waals surface area contributed by atoms with E-state index in [1.54, 1.807) is 0 Å². The molecule has 1 unspecified atom stereocenters. The van der Waals surface area contributed by atoms with Crippen LogP contribution in [0.2, 0.25) is 5.02 Å². The second-order valence-corrected chi connectivity index (χ2v) is 7.68. The second-order valence-electron chi connectivity index (χ2n) is 7.27. The number of aryl methyl sites for hydroxylation is 2. The molecule has 138 valence electrons. The summed E-state index contributed by atoms with van der Waals surface area (Å²) in [4.78, 5) is 12.8. The first-order valence-corrected chi connectivity index (χ1v) is 9.89. The molecule has 3 aromatic rings. The average molecular weight is 379 g/mol. The minimum Gasteiger partial charge on any atom is -0.294 e. The molecule has 0 fully saturated rings. The lowest BCUT2D eigenvalue weighted by atomic mass is 9.82. The van der Waals surface area contributed by atoms with E-state index in [0.29, 0.717) is 6.42 Å². The molecular formula is C23H23ClN2O. The third-order valence-electron chi connectivity index (χ3n) is 5.45. The van der Waals surface area contributed by atoms with E-state index < -0.39 is 0 Å². The third-order valence-corrected chi connectivity index (χ3v) is 5.80. The zero-order valence-electron chi connectivity index (χ0n) is 15.5. The van der Waals surface area contributed by atoms with Crippen molar-refractivity contribution in [3.63, 3.8) is 0 Å². The van der Waals surface area contributed by atoms with Crippen molar-refractivity contribution >= 4 is 17.4 Å². The number of fused-ring (bicyclic) bond motifs is 1. The Labute approximate surface area is 165 Å². The molecule has 0 N–H and O–H groups in total. The first-order valence-electron chi connectivity index (χ1n) is 9.51. The standard InChI is InChI=1S/C23H23ClN2O/c1-16-23-21(25-26(16)13-7-10-17-8-3-2-4-9-17)14-18(15-22(23)27)19-11-5-6-12-20(19)24/h2-6,8-9,11-12,18H,7,10,13-15H2,1H3. The summed E-state index contributed by atoms with van der Waals surface area (Å²) >= 11 is 6.36. The van der Waals surface area contributed by atoms with E-state index in [4.69, 9.17) is 16.7 Å². The summed E-state index contributed by atoms with van der Waals surface area (Å²) in [5.41, 5.74) is 5.14. The molecule has 1 atom stereocenters. The highest BCUT2D eigenvalue weighted by atomic mass is 35.5. The number of hydrogen-bond donors (Lipinski definition) is 0. The van der Waals surface area contributed by atoms with Gasteiger partial charge in [0.05, 0.1) is 11.3 Å². The second kappa shape index (κ2) is 7.69. The first-order chi connectivity index (χ1) is 13.1. The van der Waals surface area contributed by atoms with E-state index in [-0.39, 0.29) is 11.7 Å². The number of carbonyl (C=O) groups excluding carboxylic acids is 1. The van der Waals surface area contributed by atoms with Crippen LogP contribution in [0.5, 0.6) is 0 Å². The van der Waals surface area contributed by atoms with Crippen LogP contribution in [0.15, 0.2) is 54.6 Å². The zero-order valence-corrected chi connectivity index (χ0v) is 16.2. The van der Waals surface area contributed by atoms with Gasteiger partial charge in [-0.1, -0.05) is 60.1 Å². The van der Waals surface area contributed by atoms with Gasteiger partial charge in [0.2, 0.25) is 0 Å². The predicted octanol–water partition coefficient (Wildman–Crippen LogP) is 5.39. The van der Waals surface area contributed by atoms with Crippen molar-refractivity contribution in [2.24, 2.45) is 0 Å². The Bertz CT molecular complexity index is 962. The van der Waals surface area contributed by atoms with Crippen LogP contribution in [-0.2, 0) is 19.4 Å². The summed E-state index contributed by atoms with van der Waals surface area (Å²) in [6.45, 7) is 2.85. The van der Waals surface area contributed by atoms with Crippen LogP contribution in [-0.4, -0.2) is 15.6 Å². The molecule has 0 saturated carbocycles. The van der Waals surface area contributed by atoms with Crippen molar-refractivity contribution in [2.75, 3.05) is 0 Å². The van der Waals surface area contributed by atoms with Crippen LogP contribution >= 0.6 is 11.6 Å². The van der Waals surface area contributed by atoms with Crippen molar-refractivity contribution < 1.29 is 4.79 Å². The van der Waals surface area contributed by atoms with Crippen LogP contribution in [0.25, 0.3) is 0 Å². The fourth-order valence-corrected chi connectivity index (χ4v) is 4.36. The van der Waals surface area contributed by atoms with Crippen LogP contribution in [0.3, 0.4) is 0 Å². The minimum atomic E-state index is 0.116. The molecule has 0 radical (unpaired) electrons. The van der Waals surface area contributed by atoms with Crippen molar-refractivity contribution in [2.45, 2.75) is 45.1 Å². The van der Waals surface area contributed by atoms with Gasteiger partial charge in [-0.3, -0.25) is 9.48 Å². The molecule has 0 saturated heterocycles. The van der Waals surface area contributed by atoms with Gasteiger partial charge in [-0.2, -0.15) is 5.10 Å². The smallest absolute Gasteiger partial charge is 0.167 e. The Balaban J connectivity index is 1.51. The minimum absolute atomic E-state index is 0.116. The lowest BCUT2D eigenvalue weighted by Gasteiger charge is -2.21. The number of Topliss-reactive ketones (excluding diaryl/α,β-unsaturated/α-hetero) is 1. The molecular weight excluding hydrogens is 356 g/mol. The summed E-state index contributed by atoms with van der Waals surface area (Å²) in [5.74, 6) is 0.304. The molecule has 1 aromatic heterocycles. The number of hydrogen-bond acceptors (Lipinski definition) is 2. The quantitative estimate of drug-likeness (QED) is 0.596. The van der Waals surface area contributed by atoms with Gasteiger partial charge in [0.1, 0.15) is 0 Å². The Morgan fingerprint density at radius 2 is 1.81 bits per heavy atom. The number of aromatic nitrogens is 2. The number of carbonyl (C=O) groups is 1. The van der Waals surface area contributed by atoms with Crippen LogP contribution in [0, 0.1) is 6.92 Å². The largest absolute Gasteiger partial charge is 0.294 e. The van der Waals surface area contributed by atoms with Crippen LogP contribution in [0.1, 0.15) is 51.6 Å². The summed E-state index contributed by atoms with van der Waals surface area (Å²) < 4.78 is 2.01. The molecule has 27 heavy (non-hydrogen) atoms. The van der Waals surface area contributed by atoms with E-state index in [1.807, 2.05) is 41.9 Å². The Morgan fingerprint density at radius 1 is 1.07 bits per heavy atom. The van der Waals surface area contributed by atoms with E-state index in [9.17, 15) is 4.79 Å². The molecule has 3 nitrogen and oxygen atoms in total. The van der Waals surface area contributed by atoms with Crippen molar-refractivity contribution in [3.8, 4) is 0 Å². The highest BCUT2D eigenvalue weighted by Crippen LogP contribution is 2.36. The van der Waals surface area contributed by atoms with Gasteiger partial charge in [0.25, 0.3) is 0 Å². The summed E-state index contributed by atoms with van der Waals surface area (Å²) in [6, 6.07) is 18.3. The molecule has 1 aliphatic carbocycles. The maximum Gasteiger partial charge on any atom is 0.167 e. The molecule has 0 bridgehead atoms. The van der Waals surface area contributed by atoms with Crippen molar-refractivity contribution in [1.82, 2.24) is 9.78 Å². The molecule has 2 aromatic carbocycles. The van der Waals surface area contributed by atoms with E-state index >= 15 is 0 Å². The average Bonchev–Trinajstić information content (AvgIpc) is 2.99. The van der Waals surface area contributed by atoms with Gasteiger partial charge in [-0.25, -0.2) is 0 Å². The zero-order chi connectivity index (χ0) is 18.8. The van der Waals surface area contributed by atoms with Gasteiger partial charge in [0, 0.05) is 23.7 Å². The SMILES string of the molecule is Cc1c2c(nn1CCCc1ccccc1)CC(c1ccccc1Cl)CC2=O. The Hall–Kier alpha value is -2.39. The fourth-order valence-electron chi connectivity index (χ4n) is 4.07. The number of benzene rings is 2. The first kappa shape index (κ1) is 18.0. The van der Waals surface area contributed by atoms with Gasteiger partial charge in [-0.15, -0.1) is 0 Å². The summed E-state index contributed by atoms with van der Waals surface area (Å²) in [5, 5.41) is 5.52. The topological polar surface area (TPSA) is 34.9 Å². The highest BCUT2D eigenvalue weighted by molar-refractivity contribution is 6.31. The molecule has 0 spiro atoms. The molecule has 1 aliphatic rings. The maximum absolute atomic E-state index is 12.8. The van der Waals surface area contributed by atoms with Gasteiger partial charge in [0.15, 0.2) is 5.78 Å². The van der Waals surface area contributed by atoms with Crippen molar-refractivity contribution in [1.29, 1.82) is 0 Å². The molecule has 0 aliphatic heterocycles. The third kappa shape index (κ3) is 3.70. The fraction of sp³-hybridized carbons (Fsp3) is 0.304. The maximum atomic E-state index is 12.8. The molecule has 0 amide bonds. The van der Waals surface area contributed by atoms with Gasteiger partial charge < -0.3 is 0 Å². The van der Waals surface area contributed by atoms with E-state index in [0.717, 1.165) is 53.3 Å². The van der Waals surface area contributed by atoms with Crippen molar-refractivity contribution in [3.05, 3.63) is 87.7 Å². The predicted molar refractivity (Wildman–Crippen MR) is 109 cm³/mol. The van der Waals surface area contributed by atoms with E-state index in [2.05, 4.69) is 24.3 Å². The molecule has 4 heteroatoms. The van der Waals surface area contributed by atoms with Crippen LogP contribution in [0.4, 0.5) is 0 Å². The summed E-state index contributed by atoms with van der Waals surface area (Å²) in [6.07, 6.45) is 3.30.